The zero-order chi connectivity index (χ0) is 36.5. The number of benzene rings is 1. The van der Waals surface area contributed by atoms with Crippen molar-refractivity contribution in [2.24, 2.45) is 17.8 Å². The first-order valence-electron chi connectivity index (χ1n) is 18.4. The first-order valence-corrected chi connectivity index (χ1v) is 18.4. The molecule has 0 amide bonds. The van der Waals surface area contributed by atoms with Crippen LogP contribution in [0.3, 0.4) is 0 Å². The number of Topliss-reactive ketones (excluding diaryl/α,β-unsaturated/α-hetero) is 1. The summed E-state index contributed by atoms with van der Waals surface area (Å²) < 4.78 is 43.3. The fourth-order valence-corrected chi connectivity index (χ4v) is 8.46. The minimum absolute atomic E-state index is 0.0155. The molecule has 2 bridgehead atoms. The van der Waals surface area contributed by atoms with E-state index >= 15 is 0 Å². The minimum Gasteiger partial charge on any atom is -0.493 e. The van der Waals surface area contributed by atoms with Gasteiger partial charge in [-0.3, -0.25) is 9.59 Å². The average Bonchev–Trinajstić information content (AvgIpc) is 3.46. The van der Waals surface area contributed by atoms with Crippen molar-refractivity contribution in [1.82, 2.24) is 0 Å². The number of carbonyl (C=O) groups excluding carboxylic acids is 2. The highest BCUT2D eigenvalue weighted by Gasteiger charge is 2.60. The van der Waals surface area contributed by atoms with Gasteiger partial charge in [-0.25, -0.2) is 0 Å². The van der Waals surface area contributed by atoms with E-state index in [9.17, 15) is 14.7 Å². The predicted octanol–water partition coefficient (Wildman–Crippen LogP) is 6.35. The summed E-state index contributed by atoms with van der Waals surface area (Å²) in [4.78, 5) is 27.4. The molecule has 5 aliphatic rings. The molecule has 1 spiro atoms. The summed E-state index contributed by atoms with van der Waals surface area (Å²) in [6, 6.07) is 5.74. The molecule has 1 aromatic carbocycles. The first-order chi connectivity index (χ1) is 24.4. The standard InChI is InChI=1S/C41H54O10/c1-8-33-24(2)16-17-40(51-33)21-31-20-30(50-40)14-12-26(4)37(47-22-28-13-15-34(45-6)35(19-28)46-7)25(3)10-9-11-29-23-48-38-36(42)27(5)18-32(39(43)49-31)41(29,38)44/h9-13,15,18-19,24-25,30-33,37-38,44H,8,14,16-17,20-23H2,1-7H3/b10-9+,26-12+,29-11+/t24-,25-,30+,31-,32-,33+,37+,38+,40+,41+/m0/s1. The number of hydrogen-bond acceptors (Lipinski definition) is 10. The smallest absolute Gasteiger partial charge is 0.316 e. The van der Waals surface area contributed by atoms with E-state index in [1.807, 2.05) is 30.4 Å². The van der Waals surface area contributed by atoms with E-state index in [0.29, 0.717) is 60.9 Å². The van der Waals surface area contributed by atoms with Gasteiger partial charge in [0.15, 0.2) is 29.2 Å². The third kappa shape index (κ3) is 7.49. The van der Waals surface area contributed by atoms with Crippen LogP contribution in [0.1, 0.15) is 78.7 Å². The molecule has 1 aromatic rings. The molecule has 0 unspecified atom stereocenters. The van der Waals surface area contributed by atoms with Gasteiger partial charge in [-0.2, -0.15) is 0 Å². The summed E-state index contributed by atoms with van der Waals surface area (Å²) in [7, 11) is 3.22. The van der Waals surface area contributed by atoms with Crippen molar-refractivity contribution in [2.75, 3.05) is 20.8 Å². The number of aliphatic hydroxyl groups is 1. The quantitative estimate of drug-likeness (QED) is 0.265. The Balaban J connectivity index is 1.36. The summed E-state index contributed by atoms with van der Waals surface area (Å²) in [5, 5.41) is 12.3. The Labute approximate surface area is 301 Å². The lowest BCUT2D eigenvalue weighted by Gasteiger charge is -2.49. The second-order valence-corrected chi connectivity index (χ2v) is 15.0. The summed E-state index contributed by atoms with van der Waals surface area (Å²) in [6.07, 6.45) is 11.0. The Hall–Kier alpha value is -3.28. The largest absolute Gasteiger partial charge is 0.493 e. The number of ketones is 1. The number of rotatable bonds is 6. The van der Waals surface area contributed by atoms with Gasteiger partial charge in [0.25, 0.3) is 0 Å². The second-order valence-electron chi connectivity index (χ2n) is 15.0. The van der Waals surface area contributed by atoms with Crippen LogP contribution in [-0.2, 0) is 39.9 Å². The molecule has 10 heteroatoms. The van der Waals surface area contributed by atoms with Gasteiger partial charge >= 0.3 is 5.97 Å². The van der Waals surface area contributed by atoms with Crippen LogP contribution in [0.15, 0.2) is 65.3 Å². The number of carbonyl (C=O) groups is 2. The molecular formula is C41H54O10. The van der Waals surface area contributed by atoms with Crippen LogP contribution < -0.4 is 9.47 Å². The number of hydrogen-bond donors (Lipinski definition) is 1. The van der Waals surface area contributed by atoms with Crippen molar-refractivity contribution in [1.29, 1.82) is 0 Å². The molecule has 0 radical (unpaired) electrons. The lowest BCUT2D eigenvalue weighted by molar-refractivity contribution is -0.335. The molecule has 0 aromatic heterocycles. The summed E-state index contributed by atoms with van der Waals surface area (Å²) in [6.45, 7) is 10.5. The molecule has 0 saturated carbocycles. The van der Waals surface area contributed by atoms with Gasteiger partial charge in [0.1, 0.15) is 17.6 Å². The lowest BCUT2D eigenvalue weighted by atomic mass is 9.71. The van der Waals surface area contributed by atoms with Crippen molar-refractivity contribution in [3.63, 3.8) is 0 Å². The first kappa shape index (κ1) is 37.5. The van der Waals surface area contributed by atoms with Crippen molar-refractivity contribution < 1.29 is 47.9 Å². The van der Waals surface area contributed by atoms with E-state index < -0.39 is 35.5 Å². The summed E-state index contributed by atoms with van der Waals surface area (Å²) >= 11 is 0. The maximum absolute atomic E-state index is 14.1. The van der Waals surface area contributed by atoms with Crippen LogP contribution in [0.25, 0.3) is 0 Å². The van der Waals surface area contributed by atoms with E-state index in [1.165, 1.54) is 0 Å². The molecule has 1 N–H and O–H groups in total. The minimum atomic E-state index is -1.87. The lowest BCUT2D eigenvalue weighted by Crippen LogP contribution is -2.57. The number of esters is 1. The van der Waals surface area contributed by atoms with Crippen molar-refractivity contribution in [3.8, 4) is 11.5 Å². The van der Waals surface area contributed by atoms with Gasteiger partial charge in [-0.1, -0.05) is 57.2 Å². The Morgan fingerprint density at radius 1 is 1.04 bits per heavy atom. The highest BCUT2D eigenvalue weighted by Crippen LogP contribution is 2.46. The van der Waals surface area contributed by atoms with Crippen LogP contribution >= 0.6 is 0 Å². The Kier molecular flexibility index (Phi) is 11.3. The van der Waals surface area contributed by atoms with Crippen molar-refractivity contribution >= 4 is 11.8 Å². The molecule has 278 valence electrons. The maximum atomic E-state index is 14.1. The second kappa shape index (κ2) is 15.4. The van der Waals surface area contributed by atoms with Crippen molar-refractivity contribution in [3.05, 3.63) is 70.9 Å². The fourth-order valence-electron chi connectivity index (χ4n) is 8.46. The van der Waals surface area contributed by atoms with Gasteiger partial charge in [-0.15, -0.1) is 0 Å². The number of fused-ring (bicyclic) bond motifs is 2. The van der Waals surface area contributed by atoms with Gasteiger partial charge in [0, 0.05) is 25.2 Å². The van der Waals surface area contributed by atoms with Crippen LogP contribution in [0, 0.1) is 17.8 Å². The molecule has 10 atom stereocenters. The van der Waals surface area contributed by atoms with Crippen LogP contribution in [0.5, 0.6) is 11.5 Å². The third-order valence-electron chi connectivity index (χ3n) is 11.4. The molecule has 3 saturated heterocycles. The highest BCUT2D eigenvalue weighted by atomic mass is 16.7. The van der Waals surface area contributed by atoms with E-state index in [1.54, 1.807) is 33.3 Å². The SMILES string of the molecule is CC[C@H]1O[C@]2(CC[C@@H]1C)C[C@@H]1C[C@@H](C/C=C(\C)[C@H](OCc3ccc(OC)c(OC)c3)[C@@H](C)/C=C/C=C3\CO[C@@H]4C(=O)C(C)=C[C@@H](C(=O)O1)[C@]34O)O2. The van der Waals surface area contributed by atoms with E-state index in [-0.39, 0.29) is 36.6 Å². The Morgan fingerprint density at radius 2 is 1.82 bits per heavy atom. The third-order valence-corrected chi connectivity index (χ3v) is 11.4. The molecular weight excluding hydrogens is 652 g/mol. The molecule has 3 fully saturated rings. The number of methoxy groups -OCH3 is 2. The summed E-state index contributed by atoms with van der Waals surface area (Å²) in [5.41, 5.74) is 0.932. The Morgan fingerprint density at radius 3 is 2.57 bits per heavy atom. The zero-order valence-electron chi connectivity index (χ0n) is 31.0. The molecule has 1 aliphatic carbocycles. The molecule has 10 nitrogen and oxygen atoms in total. The number of allylic oxidation sites excluding steroid dienone is 2. The summed E-state index contributed by atoms with van der Waals surface area (Å²) in [5.74, 6) is -1.33. The molecule has 4 heterocycles. The van der Waals surface area contributed by atoms with E-state index in [0.717, 1.165) is 24.0 Å². The van der Waals surface area contributed by atoms with Gasteiger partial charge in [0.2, 0.25) is 0 Å². The molecule has 4 aliphatic heterocycles. The van der Waals surface area contributed by atoms with Crippen LogP contribution in [0.4, 0.5) is 0 Å². The van der Waals surface area contributed by atoms with E-state index in [4.69, 9.17) is 33.2 Å². The monoisotopic (exact) mass is 706 g/mol. The highest BCUT2D eigenvalue weighted by molar-refractivity contribution is 6.03. The molecule has 6 rings (SSSR count). The fraction of sp³-hybridized carbons (Fsp3) is 0.610. The average molecular weight is 707 g/mol. The van der Waals surface area contributed by atoms with Gasteiger partial charge in [-0.05, 0) is 73.4 Å². The molecule has 51 heavy (non-hydrogen) atoms. The topological polar surface area (TPSA) is 119 Å². The van der Waals surface area contributed by atoms with Crippen LogP contribution in [-0.4, -0.2) is 79.6 Å². The van der Waals surface area contributed by atoms with Crippen LogP contribution in [0.2, 0.25) is 0 Å². The number of ether oxygens (including phenoxy) is 7. The van der Waals surface area contributed by atoms with E-state index in [2.05, 4.69) is 33.8 Å². The van der Waals surface area contributed by atoms with Gasteiger partial charge < -0.3 is 38.3 Å². The predicted molar refractivity (Wildman–Crippen MR) is 190 cm³/mol. The normalized spacial score (nSPS) is 39.9. The van der Waals surface area contributed by atoms with Crippen molar-refractivity contribution in [2.45, 2.75) is 122 Å². The zero-order valence-corrected chi connectivity index (χ0v) is 31.0. The van der Waals surface area contributed by atoms with Gasteiger partial charge in [0.05, 0.1) is 45.7 Å². The Bertz CT molecular complexity index is 1590. The maximum Gasteiger partial charge on any atom is 0.316 e.